The number of amides is 1. The molecule has 2 heterocycles. The minimum atomic E-state index is -0.256. The number of methoxy groups -OCH3 is 3. The van der Waals surface area contributed by atoms with E-state index in [0.29, 0.717) is 33.8 Å². The lowest BCUT2D eigenvalue weighted by atomic mass is 10.1. The lowest BCUT2D eigenvalue weighted by Crippen LogP contribution is -2.32. The number of rotatable bonds is 6. The number of benzene rings is 3. The van der Waals surface area contributed by atoms with E-state index < -0.39 is 0 Å². The number of carbonyl (C=O) groups excluding carboxylic acids is 1. The first-order chi connectivity index (χ1) is 17.0. The van der Waals surface area contributed by atoms with Crippen LogP contribution in [-0.4, -0.2) is 33.1 Å². The molecule has 4 aromatic rings. The molecule has 1 amide bonds. The second-order valence-corrected chi connectivity index (χ2v) is 9.09. The third-order valence-corrected chi connectivity index (χ3v) is 7.31. The first kappa shape index (κ1) is 23.0. The number of thiophene rings is 1. The van der Waals surface area contributed by atoms with Gasteiger partial charge in [0.2, 0.25) is 0 Å². The molecule has 0 saturated heterocycles. The Balaban J connectivity index is 1.65. The first-order valence-corrected chi connectivity index (χ1v) is 11.9. The number of ether oxygens (including phenoxy) is 3. The standard InChI is InChI=1S/C27H21ClN2O4S/c1-32-18-11-9-17(10-12-18)30-26(25-24(28)19-6-4-5-7-23(19)35-25)29-20(27(30)31)14-16-8-13-21(33-2)22(15-16)34-3/h4-15H,1-3H3/b20-14+. The summed E-state index contributed by atoms with van der Waals surface area (Å²) in [4.78, 5) is 20.8. The van der Waals surface area contributed by atoms with Crippen molar-refractivity contribution < 1.29 is 19.0 Å². The Morgan fingerprint density at radius 3 is 2.34 bits per heavy atom. The number of anilines is 1. The third-order valence-electron chi connectivity index (χ3n) is 5.64. The van der Waals surface area contributed by atoms with E-state index in [1.54, 1.807) is 44.4 Å². The number of fused-ring (bicyclic) bond motifs is 1. The van der Waals surface area contributed by atoms with Crippen molar-refractivity contribution in [3.8, 4) is 17.2 Å². The molecule has 3 aromatic carbocycles. The Labute approximate surface area is 211 Å². The molecule has 6 nitrogen and oxygen atoms in total. The zero-order chi connectivity index (χ0) is 24.5. The molecule has 176 valence electrons. The summed E-state index contributed by atoms with van der Waals surface area (Å²) in [5, 5.41) is 1.50. The summed E-state index contributed by atoms with van der Waals surface area (Å²) in [6, 6.07) is 20.6. The molecule has 0 saturated carbocycles. The Bertz CT molecular complexity index is 1490. The van der Waals surface area contributed by atoms with Crippen molar-refractivity contribution in [2.75, 3.05) is 26.2 Å². The molecule has 0 atom stereocenters. The molecular weight excluding hydrogens is 484 g/mol. The maximum absolute atomic E-state index is 13.7. The smallest absolute Gasteiger partial charge is 0.282 e. The molecule has 0 spiro atoms. The number of carbonyl (C=O) groups is 1. The summed E-state index contributed by atoms with van der Waals surface area (Å²) in [5.74, 6) is 2.09. The molecule has 0 N–H and O–H groups in total. The summed E-state index contributed by atoms with van der Waals surface area (Å²) in [5.41, 5.74) is 1.71. The molecule has 0 aliphatic carbocycles. The molecule has 0 fully saturated rings. The second kappa shape index (κ2) is 9.44. The van der Waals surface area contributed by atoms with Gasteiger partial charge in [0.25, 0.3) is 5.91 Å². The van der Waals surface area contributed by atoms with Gasteiger partial charge in [-0.05, 0) is 54.1 Å². The Morgan fingerprint density at radius 1 is 0.914 bits per heavy atom. The fourth-order valence-corrected chi connectivity index (χ4v) is 5.39. The number of amidine groups is 1. The highest BCUT2D eigenvalue weighted by atomic mass is 35.5. The van der Waals surface area contributed by atoms with Crippen LogP contribution >= 0.6 is 22.9 Å². The minimum Gasteiger partial charge on any atom is -0.497 e. The quantitative estimate of drug-likeness (QED) is 0.284. The van der Waals surface area contributed by atoms with Crippen molar-refractivity contribution in [2.45, 2.75) is 0 Å². The average Bonchev–Trinajstić information content (AvgIpc) is 3.40. The number of aliphatic imine (C=N–C) groups is 1. The van der Waals surface area contributed by atoms with Crippen LogP contribution in [0.3, 0.4) is 0 Å². The van der Waals surface area contributed by atoms with Crippen LogP contribution in [0.25, 0.3) is 16.2 Å². The molecule has 0 unspecified atom stereocenters. The van der Waals surface area contributed by atoms with Crippen LogP contribution < -0.4 is 19.1 Å². The van der Waals surface area contributed by atoms with Gasteiger partial charge in [-0.3, -0.25) is 9.69 Å². The second-order valence-electron chi connectivity index (χ2n) is 7.66. The zero-order valence-corrected chi connectivity index (χ0v) is 20.8. The fourth-order valence-electron chi connectivity index (χ4n) is 3.90. The highest BCUT2D eigenvalue weighted by Gasteiger charge is 2.35. The number of hydrogen-bond acceptors (Lipinski definition) is 6. The van der Waals surface area contributed by atoms with Gasteiger partial charge in [0, 0.05) is 10.1 Å². The van der Waals surface area contributed by atoms with Crippen LogP contribution in [0.15, 0.2) is 77.4 Å². The van der Waals surface area contributed by atoms with Crippen LogP contribution in [0.5, 0.6) is 17.2 Å². The van der Waals surface area contributed by atoms with E-state index in [9.17, 15) is 4.79 Å². The highest BCUT2D eigenvalue weighted by Crippen LogP contribution is 2.40. The predicted molar refractivity (Wildman–Crippen MR) is 141 cm³/mol. The summed E-state index contributed by atoms with van der Waals surface area (Å²) in [6.07, 6.45) is 1.73. The molecule has 1 aliphatic heterocycles. The molecule has 35 heavy (non-hydrogen) atoms. The molecule has 1 aromatic heterocycles. The SMILES string of the molecule is COc1ccc(N2C(=O)/C(=C\c3ccc(OC)c(OC)c3)N=C2c2sc3ccccc3c2Cl)cc1. The fraction of sp³-hybridized carbons (Fsp3) is 0.111. The average molecular weight is 505 g/mol. The van der Waals surface area contributed by atoms with Crippen LogP contribution in [0, 0.1) is 0 Å². The summed E-state index contributed by atoms with van der Waals surface area (Å²) in [7, 11) is 4.75. The van der Waals surface area contributed by atoms with Crippen molar-refractivity contribution in [2.24, 2.45) is 4.99 Å². The van der Waals surface area contributed by atoms with Gasteiger partial charge in [-0.2, -0.15) is 0 Å². The summed E-state index contributed by atoms with van der Waals surface area (Å²) in [6.45, 7) is 0. The summed E-state index contributed by atoms with van der Waals surface area (Å²) >= 11 is 8.29. The van der Waals surface area contributed by atoms with E-state index in [1.807, 2.05) is 54.6 Å². The lowest BCUT2D eigenvalue weighted by Gasteiger charge is -2.18. The third kappa shape index (κ3) is 4.13. The van der Waals surface area contributed by atoms with Gasteiger partial charge in [-0.25, -0.2) is 4.99 Å². The number of hydrogen-bond donors (Lipinski definition) is 0. The van der Waals surface area contributed by atoms with Crippen molar-refractivity contribution in [1.29, 1.82) is 0 Å². The Kier molecular flexibility index (Phi) is 6.19. The Morgan fingerprint density at radius 2 is 1.66 bits per heavy atom. The molecular formula is C27H21ClN2O4S. The van der Waals surface area contributed by atoms with Crippen molar-refractivity contribution in [3.05, 3.63) is 87.9 Å². The lowest BCUT2D eigenvalue weighted by molar-refractivity contribution is -0.113. The van der Waals surface area contributed by atoms with E-state index >= 15 is 0 Å². The van der Waals surface area contributed by atoms with Crippen molar-refractivity contribution in [1.82, 2.24) is 0 Å². The van der Waals surface area contributed by atoms with Gasteiger partial charge in [0.05, 0.1) is 36.9 Å². The highest BCUT2D eigenvalue weighted by molar-refractivity contribution is 7.21. The molecule has 0 radical (unpaired) electrons. The van der Waals surface area contributed by atoms with E-state index in [4.69, 9.17) is 30.8 Å². The van der Waals surface area contributed by atoms with Gasteiger partial charge in [0.1, 0.15) is 11.4 Å². The number of halogens is 1. The van der Waals surface area contributed by atoms with Gasteiger partial charge in [0.15, 0.2) is 17.3 Å². The zero-order valence-electron chi connectivity index (χ0n) is 19.2. The van der Waals surface area contributed by atoms with E-state index in [2.05, 4.69) is 0 Å². The van der Waals surface area contributed by atoms with Crippen LogP contribution in [0.1, 0.15) is 10.4 Å². The first-order valence-electron chi connectivity index (χ1n) is 10.7. The molecule has 1 aliphatic rings. The van der Waals surface area contributed by atoms with Crippen LogP contribution in [-0.2, 0) is 4.79 Å². The van der Waals surface area contributed by atoms with Crippen molar-refractivity contribution >= 4 is 56.5 Å². The minimum absolute atomic E-state index is 0.256. The van der Waals surface area contributed by atoms with Gasteiger partial charge in [-0.15, -0.1) is 11.3 Å². The maximum Gasteiger partial charge on any atom is 0.282 e. The molecule has 0 bridgehead atoms. The maximum atomic E-state index is 13.7. The van der Waals surface area contributed by atoms with Gasteiger partial charge >= 0.3 is 0 Å². The Hall–Kier alpha value is -3.81. The monoisotopic (exact) mass is 504 g/mol. The predicted octanol–water partition coefficient (Wildman–Crippen LogP) is 6.42. The van der Waals surface area contributed by atoms with E-state index in [0.717, 1.165) is 20.5 Å². The molecule has 8 heteroatoms. The summed E-state index contributed by atoms with van der Waals surface area (Å²) < 4.78 is 17.0. The van der Waals surface area contributed by atoms with Gasteiger partial charge in [-0.1, -0.05) is 35.9 Å². The van der Waals surface area contributed by atoms with Gasteiger partial charge < -0.3 is 14.2 Å². The van der Waals surface area contributed by atoms with Crippen molar-refractivity contribution in [3.63, 3.8) is 0 Å². The van der Waals surface area contributed by atoms with Crippen LogP contribution in [0.4, 0.5) is 5.69 Å². The topological polar surface area (TPSA) is 60.4 Å². The largest absolute Gasteiger partial charge is 0.497 e. The molecule has 5 rings (SSSR count). The number of nitrogens with zero attached hydrogens (tertiary/aromatic N) is 2. The van der Waals surface area contributed by atoms with Crippen LogP contribution in [0.2, 0.25) is 5.02 Å². The van der Waals surface area contributed by atoms with E-state index in [1.165, 1.54) is 11.3 Å². The normalized spacial score (nSPS) is 14.5. The van der Waals surface area contributed by atoms with E-state index in [-0.39, 0.29) is 11.6 Å².